The van der Waals surface area contributed by atoms with E-state index in [9.17, 15) is 9.90 Å². The maximum atomic E-state index is 13.2. The van der Waals surface area contributed by atoms with E-state index >= 15 is 0 Å². The first-order valence-electron chi connectivity index (χ1n) is 10.3. The number of benzene rings is 1. The molecule has 0 bridgehead atoms. The fraction of sp³-hybridized carbons (Fsp3) is 0.391. The molecule has 3 heterocycles. The Kier molecular flexibility index (Phi) is 4.32. The largest absolute Gasteiger partial charge is 0.385 e. The van der Waals surface area contributed by atoms with Crippen LogP contribution in [0.5, 0.6) is 0 Å². The van der Waals surface area contributed by atoms with Gasteiger partial charge in [-0.05, 0) is 48.9 Å². The van der Waals surface area contributed by atoms with Gasteiger partial charge < -0.3 is 14.6 Å². The van der Waals surface area contributed by atoms with Gasteiger partial charge in [0.2, 0.25) is 0 Å². The Balaban J connectivity index is 1.38. The Labute approximate surface area is 170 Å². The summed E-state index contributed by atoms with van der Waals surface area (Å²) in [5.41, 5.74) is 2.34. The summed E-state index contributed by atoms with van der Waals surface area (Å²) < 4.78 is 1.98. The van der Waals surface area contributed by atoms with Crippen LogP contribution in [0.4, 0.5) is 0 Å². The number of aryl methyl sites for hydroxylation is 1. The minimum Gasteiger partial charge on any atom is -0.385 e. The van der Waals surface area contributed by atoms with E-state index in [2.05, 4.69) is 10.2 Å². The number of H-pyrrole nitrogens is 1. The lowest BCUT2D eigenvalue weighted by Gasteiger charge is -2.41. The number of hydrogen-bond acceptors (Lipinski definition) is 3. The molecule has 1 saturated carbocycles. The average Bonchev–Trinajstić information content (AvgIpc) is 3.47. The molecule has 0 unspecified atom stereocenters. The third-order valence-corrected chi connectivity index (χ3v) is 6.76. The van der Waals surface area contributed by atoms with E-state index in [4.69, 9.17) is 0 Å². The standard InChI is InChI=1S/C23H26N4O2/c1-26-12-6-10-21(26)19-13-20(25-24-19)22(28)27-14-16-7-5-11-23(29,18(16)15-27)17-8-3-2-4-9-17/h2-4,6,8-10,12-13,16,18,29H,5,7,11,14-15H2,1H3,(H,24,25)/t16-,18+,23+/m1/s1. The Morgan fingerprint density at radius 2 is 2.03 bits per heavy atom. The summed E-state index contributed by atoms with van der Waals surface area (Å²) in [6.07, 6.45) is 4.75. The molecule has 2 aliphatic rings. The predicted octanol–water partition coefficient (Wildman–Crippen LogP) is 3.18. The molecule has 150 valence electrons. The van der Waals surface area contributed by atoms with Crippen molar-refractivity contribution in [2.75, 3.05) is 13.1 Å². The normalized spacial score (nSPS) is 26.5. The first-order valence-corrected chi connectivity index (χ1v) is 10.3. The van der Waals surface area contributed by atoms with Crippen LogP contribution in [0.2, 0.25) is 0 Å². The number of aromatic amines is 1. The molecular weight excluding hydrogens is 364 g/mol. The van der Waals surface area contributed by atoms with Crippen LogP contribution in [0.3, 0.4) is 0 Å². The molecule has 1 amide bonds. The van der Waals surface area contributed by atoms with E-state index in [1.54, 1.807) is 0 Å². The van der Waals surface area contributed by atoms with Crippen molar-refractivity contribution in [2.45, 2.75) is 24.9 Å². The van der Waals surface area contributed by atoms with Gasteiger partial charge in [-0.2, -0.15) is 5.10 Å². The molecule has 1 aliphatic carbocycles. The average molecular weight is 390 g/mol. The van der Waals surface area contributed by atoms with Crippen molar-refractivity contribution >= 4 is 5.91 Å². The quantitative estimate of drug-likeness (QED) is 0.721. The number of rotatable bonds is 3. The van der Waals surface area contributed by atoms with Gasteiger partial charge in [0.25, 0.3) is 5.91 Å². The lowest BCUT2D eigenvalue weighted by atomic mass is 9.67. The van der Waals surface area contributed by atoms with Crippen LogP contribution >= 0.6 is 0 Å². The molecule has 5 rings (SSSR count). The van der Waals surface area contributed by atoms with Crippen molar-refractivity contribution in [3.05, 3.63) is 66.0 Å². The van der Waals surface area contributed by atoms with Crippen molar-refractivity contribution in [2.24, 2.45) is 18.9 Å². The highest BCUT2D eigenvalue weighted by atomic mass is 16.3. The molecule has 1 aromatic carbocycles. The molecule has 1 aliphatic heterocycles. The number of nitrogens with zero attached hydrogens (tertiary/aromatic N) is 3. The number of aliphatic hydroxyl groups is 1. The van der Waals surface area contributed by atoms with Gasteiger partial charge in [0.05, 0.1) is 11.3 Å². The minimum absolute atomic E-state index is 0.0391. The molecule has 3 atom stereocenters. The van der Waals surface area contributed by atoms with Crippen molar-refractivity contribution < 1.29 is 9.90 Å². The summed E-state index contributed by atoms with van der Waals surface area (Å²) in [6.45, 7) is 1.27. The van der Waals surface area contributed by atoms with E-state index in [1.165, 1.54) is 0 Å². The second-order valence-corrected chi connectivity index (χ2v) is 8.43. The first-order chi connectivity index (χ1) is 14.1. The molecule has 2 N–H and O–H groups in total. The second kappa shape index (κ2) is 6.88. The van der Waals surface area contributed by atoms with Gasteiger partial charge in [0.1, 0.15) is 11.4 Å². The Morgan fingerprint density at radius 1 is 1.21 bits per heavy atom. The smallest absolute Gasteiger partial charge is 0.271 e. The van der Waals surface area contributed by atoms with Gasteiger partial charge in [0.15, 0.2) is 0 Å². The van der Waals surface area contributed by atoms with Crippen LogP contribution in [0.25, 0.3) is 11.4 Å². The number of nitrogens with one attached hydrogen (secondary N) is 1. The predicted molar refractivity (Wildman–Crippen MR) is 110 cm³/mol. The first kappa shape index (κ1) is 18.2. The fourth-order valence-corrected chi connectivity index (χ4v) is 5.23. The van der Waals surface area contributed by atoms with Crippen LogP contribution in [0.15, 0.2) is 54.7 Å². The maximum absolute atomic E-state index is 13.2. The van der Waals surface area contributed by atoms with E-state index in [-0.39, 0.29) is 11.8 Å². The van der Waals surface area contributed by atoms with E-state index in [0.717, 1.165) is 36.2 Å². The van der Waals surface area contributed by atoms with Crippen LogP contribution in [-0.2, 0) is 12.6 Å². The summed E-state index contributed by atoms with van der Waals surface area (Å²) in [5, 5.41) is 18.8. The molecule has 1 saturated heterocycles. The number of likely N-dealkylation sites (tertiary alicyclic amines) is 1. The highest BCUT2D eigenvalue weighted by molar-refractivity contribution is 5.93. The maximum Gasteiger partial charge on any atom is 0.271 e. The van der Waals surface area contributed by atoms with Crippen molar-refractivity contribution in [3.63, 3.8) is 0 Å². The lowest BCUT2D eigenvalue weighted by Crippen LogP contribution is -2.42. The number of hydrogen-bond donors (Lipinski definition) is 2. The summed E-state index contributed by atoms with van der Waals surface area (Å²) >= 11 is 0. The molecule has 2 fully saturated rings. The zero-order valence-corrected chi connectivity index (χ0v) is 16.6. The van der Waals surface area contributed by atoms with Gasteiger partial charge in [-0.15, -0.1) is 0 Å². The molecule has 3 aromatic rings. The third kappa shape index (κ3) is 2.99. The topological polar surface area (TPSA) is 74.2 Å². The van der Waals surface area contributed by atoms with Crippen LogP contribution < -0.4 is 0 Å². The van der Waals surface area contributed by atoms with Gasteiger partial charge in [-0.3, -0.25) is 9.89 Å². The van der Waals surface area contributed by atoms with Gasteiger partial charge in [-0.1, -0.05) is 30.3 Å². The van der Waals surface area contributed by atoms with Crippen LogP contribution in [-0.4, -0.2) is 43.8 Å². The number of carbonyl (C=O) groups excluding carboxylic acids is 1. The molecule has 29 heavy (non-hydrogen) atoms. The lowest BCUT2D eigenvalue weighted by molar-refractivity contribution is -0.0644. The molecule has 0 spiro atoms. The SMILES string of the molecule is Cn1cccc1-c1cc(C(=O)N2C[C@H]3CCC[C@](O)(c4ccccc4)[C@H]3C2)[nH]n1. The summed E-state index contributed by atoms with van der Waals surface area (Å²) in [5.74, 6) is 0.355. The summed E-state index contributed by atoms with van der Waals surface area (Å²) in [7, 11) is 1.96. The van der Waals surface area contributed by atoms with Crippen molar-refractivity contribution in [1.29, 1.82) is 0 Å². The number of carbonyl (C=O) groups is 1. The second-order valence-electron chi connectivity index (χ2n) is 8.43. The summed E-state index contributed by atoms with van der Waals surface area (Å²) in [4.78, 5) is 15.1. The highest BCUT2D eigenvalue weighted by Gasteiger charge is 2.50. The zero-order valence-electron chi connectivity index (χ0n) is 16.6. The van der Waals surface area contributed by atoms with Crippen molar-refractivity contribution in [3.8, 4) is 11.4 Å². The zero-order chi connectivity index (χ0) is 20.0. The molecular formula is C23H26N4O2. The molecule has 6 heteroatoms. The number of amides is 1. The molecule has 2 aromatic heterocycles. The van der Waals surface area contributed by atoms with E-state index < -0.39 is 5.60 Å². The number of aromatic nitrogens is 3. The minimum atomic E-state index is -0.860. The Bertz CT molecular complexity index is 1020. The number of fused-ring (bicyclic) bond motifs is 1. The summed E-state index contributed by atoms with van der Waals surface area (Å²) in [6, 6.07) is 15.7. The van der Waals surface area contributed by atoms with Crippen LogP contribution in [0, 0.1) is 11.8 Å². The molecule has 0 radical (unpaired) electrons. The van der Waals surface area contributed by atoms with Crippen molar-refractivity contribution in [1.82, 2.24) is 19.7 Å². The van der Waals surface area contributed by atoms with E-state index in [0.29, 0.717) is 24.7 Å². The third-order valence-electron chi connectivity index (χ3n) is 6.76. The van der Waals surface area contributed by atoms with Crippen LogP contribution in [0.1, 0.15) is 35.3 Å². The highest BCUT2D eigenvalue weighted by Crippen LogP contribution is 2.48. The van der Waals surface area contributed by atoms with E-state index in [1.807, 2.05) is 71.2 Å². The Hall–Kier alpha value is -2.86. The fourth-order valence-electron chi connectivity index (χ4n) is 5.23. The Morgan fingerprint density at radius 3 is 2.79 bits per heavy atom. The monoisotopic (exact) mass is 390 g/mol. The molecule has 6 nitrogen and oxygen atoms in total. The van der Waals surface area contributed by atoms with Gasteiger partial charge >= 0.3 is 0 Å². The van der Waals surface area contributed by atoms with Gasteiger partial charge in [0, 0.05) is 32.3 Å². The van der Waals surface area contributed by atoms with Gasteiger partial charge in [-0.25, -0.2) is 0 Å².